The minimum Gasteiger partial charge on any atom is -0.488 e. The Balaban J connectivity index is 1.19. The number of likely N-dealkylation sites (tertiary alicyclic amines) is 1. The molecule has 1 atom stereocenters. The van der Waals surface area contributed by atoms with E-state index in [1.165, 1.54) is 49.3 Å². The molecule has 1 aliphatic carbocycles. The number of ether oxygens (including phenoxy) is 1. The molecular weight excluding hydrogens is 464 g/mol. The van der Waals surface area contributed by atoms with Gasteiger partial charge in [0, 0.05) is 24.8 Å². The molecule has 1 amide bonds. The summed E-state index contributed by atoms with van der Waals surface area (Å²) in [5, 5.41) is 12.5. The van der Waals surface area contributed by atoms with E-state index < -0.39 is 5.97 Å². The van der Waals surface area contributed by atoms with Gasteiger partial charge in [-0.3, -0.25) is 9.69 Å². The lowest BCUT2D eigenvalue weighted by Gasteiger charge is -2.39. The monoisotopic (exact) mass is 498 g/mol. The fourth-order valence-electron chi connectivity index (χ4n) is 5.35. The number of hydrogen-bond donors (Lipinski definition) is 2. The Morgan fingerprint density at radius 3 is 2.32 bits per heavy atom. The van der Waals surface area contributed by atoms with Crippen LogP contribution in [-0.4, -0.2) is 34.5 Å². The number of carboxylic acid groups (broad SMARTS) is 1. The third kappa shape index (κ3) is 6.20. The molecule has 2 aliphatic rings. The Morgan fingerprint density at radius 2 is 1.65 bits per heavy atom. The highest BCUT2D eigenvalue weighted by molar-refractivity contribution is 5.97. The fourth-order valence-corrected chi connectivity index (χ4v) is 5.35. The molecule has 0 aromatic heterocycles. The zero-order chi connectivity index (χ0) is 25.6. The summed E-state index contributed by atoms with van der Waals surface area (Å²) in [7, 11) is 0. The van der Waals surface area contributed by atoms with Crippen molar-refractivity contribution in [3.05, 3.63) is 95.1 Å². The topological polar surface area (TPSA) is 78.9 Å². The highest BCUT2D eigenvalue weighted by Crippen LogP contribution is 2.33. The molecule has 0 spiro atoms. The van der Waals surface area contributed by atoms with E-state index in [4.69, 9.17) is 4.74 Å². The summed E-state index contributed by atoms with van der Waals surface area (Å²) >= 11 is 0. The summed E-state index contributed by atoms with van der Waals surface area (Å²) in [6.07, 6.45) is 7.41. The maximum Gasteiger partial charge on any atom is 0.339 e. The van der Waals surface area contributed by atoms with Gasteiger partial charge in [-0.25, -0.2) is 4.79 Å². The van der Waals surface area contributed by atoms with E-state index in [2.05, 4.69) is 34.5 Å². The first-order valence-electron chi connectivity index (χ1n) is 13.2. The van der Waals surface area contributed by atoms with Crippen molar-refractivity contribution in [3.8, 4) is 5.75 Å². The second-order valence-electron chi connectivity index (χ2n) is 10.1. The van der Waals surface area contributed by atoms with Crippen molar-refractivity contribution in [1.29, 1.82) is 0 Å². The summed E-state index contributed by atoms with van der Waals surface area (Å²) in [5.41, 5.74) is 4.19. The van der Waals surface area contributed by atoms with Crippen LogP contribution in [0.3, 0.4) is 0 Å². The maximum absolute atomic E-state index is 13.1. The summed E-state index contributed by atoms with van der Waals surface area (Å²) < 4.78 is 5.82. The van der Waals surface area contributed by atoms with Crippen molar-refractivity contribution in [3.63, 3.8) is 0 Å². The van der Waals surface area contributed by atoms with E-state index in [-0.39, 0.29) is 29.9 Å². The number of nitrogens with zero attached hydrogens (tertiary/aromatic N) is 1. The van der Waals surface area contributed by atoms with Crippen molar-refractivity contribution in [2.24, 2.45) is 0 Å². The third-order valence-electron chi connectivity index (χ3n) is 7.59. The third-order valence-corrected chi connectivity index (χ3v) is 7.59. The molecule has 2 fully saturated rings. The quantitative estimate of drug-likeness (QED) is 0.366. The smallest absolute Gasteiger partial charge is 0.339 e. The lowest BCUT2D eigenvalue weighted by atomic mass is 9.84. The first-order valence-corrected chi connectivity index (χ1v) is 13.2. The van der Waals surface area contributed by atoms with Crippen LogP contribution in [0.4, 0.5) is 5.69 Å². The van der Waals surface area contributed by atoms with Gasteiger partial charge in [0.1, 0.15) is 17.9 Å². The molecule has 192 valence electrons. The molecule has 0 radical (unpaired) electrons. The molecule has 1 saturated carbocycles. The van der Waals surface area contributed by atoms with E-state index in [9.17, 15) is 14.7 Å². The maximum atomic E-state index is 13.1. The van der Waals surface area contributed by atoms with Gasteiger partial charge in [0.25, 0.3) is 0 Å². The molecule has 6 nitrogen and oxygen atoms in total. The second-order valence-corrected chi connectivity index (χ2v) is 10.1. The van der Waals surface area contributed by atoms with Crippen LogP contribution in [-0.2, 0) is 17.9 Å². The fraction of sp³-hybridized carbons (Fsp3) is 0.355. The summed E-state index contributed by atoms with van der Waals surface area (Å²) in [6.45, 7) is 1.87. The summed E-state index contributed by atoms with van der Waals surface area (Å²) in [4.78, 5) is 26.9. The molecule has 0 unspecified atom stereocenters. The molecule has 37 heavy (non-hydrogen) atoms. The van der Waals surface area contributed by atoms with Crippen molar-refractivity contribution in [1.82, 2.24) is 4.90 Å². The molecule has 1 saturated heterocycles. The number of carboxylic acids is 1. The number of aromatic carboxylic acids is 1. The Morgan fingerprint density at radius 1 is 0.892 bits per heavy atom. The van der Waals surface area contributed by atoms with Crippen molar-refractivity contribution >= 4 is 17.6 Å². The lowest BCUT2D eigenvalue weighted by Crippen LogP contribution is -2.53. The standard InChI is InChI=1S/C31H34N2O4/c34-30(28-17-18-33(28)20-22-11-13-25(14-12-22)24-9-5-2-6-10-24)32-26-15-16-27(31(35)36)29(19-26)37-21-23-7-3-1-4-8-23/h1,3-4,7-8,11-16,19,24,28H,2,5-6,9-10,17-18,20-21H2,(H,32,34)(H,35,36)/t28-/m1/s1. The van der Waals surface area contributed by atoms with E-state index in [1.807, 2.05) is 30.3 Å². The zero-order valence-corrected chi connectivity index (χ0v) is 21.1. The average molecular weight is 499 g/mol. The Bertz CT molecular complexity index is 1220. The molecule has 1 heterocycles. The number of hydrogen-bond acceptors (Lipinski definition) is 4. The number of carbonyl (C=O) groups is 2. The molecule has 6 heteroatoms. The van der Waals surface area contributed by atoms with Crippen molar-refractivity contribution in [2.75, 3.05) is 11.9 Å². The largest absolute Gasteiger partial charge is 0.488 e. The van der Waals surface area contributed by atoms with Gasteiger partial charge in [0.05, 0.1) is 6.04 Å². The molecular formula is C31H34N2O4. The molecule has 2 N–H and O–H groups in total. The van der Waals surface area contributed by atoms with Gasteiger partial charge in [-0.2, -0.15) is 0 Å². The Labute approximate surface area is 218 Å². The van der Waals surface area contributed by atoms with E-state index in [0.29, 0.717) is 11.6 Å². The number of nitrogens with one attached hydrogen (secondary N) is 1. The van der Waals surface area contributed by atoms with Gasteiger partial charge in [-0.1, -0.05) is 73.9 Å². The van der Waals surface area contributed by atoms with Crippen LogP contribution in [0.25, 0.3) is 0 Å². The van der Waals surface area contributed by atoms with Gasteiger partial charge in [-0.15, -0.1) is 0 Å². The summed E-state index contributed by atoms with van der Waals surface area (Å²) in [5.74, 6) is -0.222. The normalized spacial score (nSPS) is 18.1. The lowest BCUT2D eigenvalue weighted by molar-refractivity contribution is -0.125. The number of carbonyl (C=O) groups excluding carboxylic acids is 1. The van der Waals surface area contributed by atoms with Crippen LogP contribution >= 0.6 is 0 Å². The highest BCUT2D eigenvalue weighted by Gasteiger charge is 2.34. The van der Waals surface area contributed by atoms with E-state index in [1.54, 1.807) is 12.1 Å². The number of rotatable bonds is 9. The van der Waals surface area contributed by atoms with Crippen LogP contribution in [0, 0.1) is 0 Å². The molecule has 3 aromatic carbocycles. The first kappa shape index (κ1) is 25.0. The zero-order valence-electron chi connectivity index (χ0n) is 21.1. The minimum atomic E-state index is -1.07. The summed E-state index contributed by atoms with van der Waals surface area (Å²) in [6, 6.07) is 23.0. The van der Waals surface area contributed by atoms with Gasteiger partial charge < -0.3 is 15.2 Å². The molecule has 3 aromatic rings. The molecule has 0 bridgehead atoms. The minimum absolute atomic E-state index is 0.0656. The highest BCUT2D eigenvalue weighted by atomic mass is 16.5. The number of benzene rings is 3. The Hall–Kier alpha value is -3.64. The average Bonchev–Trinajstić information content (AvgIpc) is 2.91. The van der Waals surface area contributed by atoms with Gasteiger partial charge >= 0.3 is 5.97 Å². The van der Waals surface area contributed by atoms with Gasteiger partial charge in [0.2, 0.25) is 5.91 Å². The predicted molar refractivity (Wildman–Crippen MR) is 144 cm³/mol. The van der Waals surface area contributed by atoms with E-state index >= 15 is 0 Å². The second kappa shape index (κ2) is 11.6. The van der Waals surface area contributed by atoms with E-state index in [0.717, 1.165) is 25.1 Å². The molecule has 5 rings (SSSR count). The van der Waals surface area contributed by atoms with Crippen LogP contribution in [0.15, 0.2) is 72.8 Å². The number of amides is 1. The van der Waals surface area contributed by atoms with Gasteiger partial charge in [0.15, 0.2) is 0 Å². The van der Waals surface area contributed by atoms with Gasteiger partial charge in [-0.05, 0) is 54.0 Å². The van der Waals surface area contributed by atoms with Crippen molar-refractivity contribution in [2.45, 2.75) is 63.6 Å². The van der Waals surface area contributed by atoms with Crippen LogP contribution < -0.4 is 10.1 Å². The van der Waals surface area contributed by atoms with Crippen molar-refractivity contribution < 1.29 is 19.4 Å². The Kier molecular flexibility index (Phi) is 7.85. The SMILES string of the molecule is O=C(O)c1ccc(NC(=O)[C@H]2CCN2Cc2ccc(C3CCCCC3)cc2)cc1OCc1ccccc1. The molecule has 1 aliphatic heterocycles. The number of anilines is 1. The van der Waals surface area contributed by atoms with Crippen LogP contribution in [0.2, 0.25) is 0 Å². The first-order chi connectivity index (χ1) is 18.1. The predicted octanol–water partition coefficient (Wildman–Crippen LogP) is 6.22. The van der Waals surface area contributed by atoms with Crippen LogP contribution in [0.1, 0.15) is 71.5 Å². The van der Waals surface area contributed by atoms with Crippen LogP contribution in [0.5, 0.6) is 5.75 Å².